The first-order valence-corrected chi connectivity index (χ1v) is 11.3. The highest BCUT2D eigenvalue weighted by atomic mass is 19.4. The fraction of sp³-hybridized carbons (Fsp3) is 0.400. The van der Waals surface area contributed by atoms with Crippen LogP contribution in [0.25, 0.3) is 0 Å². The van der Waals surface area contributed by atoms with Gasteiger partial charge in [-0.1, -0.05) is 19.1 Å². The summed E-state index contributed by atoms with van der Waals surface area (Å²) < 4.78 is 57.6. The Balaban J connectivity index is 2.15. The van der Waals surface area contributed by atoms with Gasteiger partial charge in [0.05, 0.1) is 12.9 Å². The van der Waals surface area contributed by atoms with Crippen LogP contribution >= 0.6 is 0 Å². The molecule has 0 bridgehead atoms. The fourth-order valence-corrected chi connectivity index (χ4v) is 3.82. The molecule has 0 N–H and O–H groups in total. The summed E-state index contributed by atoms with van der Waals surface area (Å²) in [5, 5.41) is 0. The van der Waals surface area contributed by atoms with Gasteiger partial charge in [-0.3, -0.25) is 9.36 Å². The Kier molecular flexibility index (Phi) is 8.11. The molecule has 2 aromatic rings. The van der Waals surface area contributed by atoms with Crippen LogP contribution in [-0.4, -0.2) is 28.3 Å². The summed E-state index contributed by atoms with van der Waals surface area (Å²) in [6.45, 7) is 3.34. The summed E-state index contributed by atoms with van der Waals surface area (Å²) >= 11 is 0. The van der Waals surface area contributed by atoms with Crippen LogP contribution in [-0.2, 0) is 33.9 Å². The van der Waals surface area contributed by atoms with Gasteiger partial charge < -0.3 is 14.2 Å². The van der Waals surface area contributed by atoms with E-state index in [2.05, 4.69) is 4.74 Å². The minimum atomic E-state index is -4.89. The standard InChI is InChI=1S/C25H27F3N2O6/c1-5-16-13-18(35-15(2)23(32)34-4)11-12-19(16)22(36-17-9-7-6-8-10-17)30-21(31)14-20(25(26,27)28)29(3)24(30)33/h6-7,10-15,22H,5,8-9H2,1-4H3. The zero-order chi connectivity index (χ0) is 26.6. The van der Waals surface area contributed by atoms with E-state index in [0.717, 1.165) is 7.05 Å². The molecule has 2 atom stereocenters. The number of allylic oxidation sites excluding steroid dienone is 3. The molecule has 1 aromatic carbocycles. The molecule has 1 aliphatic carbocycles. The number of ether oxygens (including phenoxy) is 3. The Bertz CT molecular complexity index is 1310. The average Bonchev–Trinajstić information content (AvgIpc) is 2.85. The maximum atomic E-state index is 13.4. The third-order valence-electron chi connectivity index (χ3n) is 5.71. The number of esters is 1. The van der Waals surface area contributed by atoms with Crippen LogP contribution in [0.1, 0.15) is 49.7 Å². The second kappa shape index (κ2) is 10.9. The van der Waals surface area contributed by atoms with Gasteiger partial charge in [0.15, 0.2) is 6.10 Å². The van der Waals surface area contributed by atoms with Crippen molar-refractivity contribution < 1.29 is 32.2 Å². The van der Waals surface area contributed by atoms with Crippen molar-refractivity contribution in [2.75, 3.05) is 7.11 Å². The van der Waals surface area contributed by atoms with Gasteiger partial charge in [-0.25, -0.2) is 14.2 Å². The molecule has 11 heteroatoms. The molecule has 0 saturated carbocycles. The quantitative estimate of drug-likeness (QED) is 0.398. The lowest BCUT2D eigenvalue weighted by Crippen LogP contribution is -2.44. The first kappa shape index (κ1) is 26.8. The smallest absolute Gasteiger partial charge is 0.431 e. The monoisotopic (exact) mass is 508 g/mol. The van der Waals surface area contributed by atoms with Crippen molar-refractivity contribution in [2.24, 2.45) is 7.05 Å². The molecule has 3 rings (SSSR count). The first-order valence-electron chi connectivity index (χ1n) is 11.3. The molecule has 194 valence electrons. The Morgan fingerprint density at radius 1 is 1.14 bits per heavy atom. The lowest BCUT2D eigenvalue weighted by molar-refractivity contribution is -0.148. The summed E-state index contributed by atoms with van der Waals surface area (Å²) in [5.41, 5.74) is -2.68. The molecular formula is C25H27F3N2O6. The number of aromatic nitrogens is 2. The molecular weight excluding hydrogens is 481 g/mol. The van der Waals surface area contributed by atoms with E-state index in [1.165, 1.54) is 20.1 Å². The lowest BCUT2D eigenvalue weighted by atomic mass is 10.0. The number of benzene rings is 1. The average molecular weight is 508 g/mol. The molecule has 0 amide bonds. The van der Waals surface area contributed by atoms with Crippen LogP contribution in [0.15, 0.2) is 57.8 Å². The van der Waals surface area contributed by atoms with Crippen molar-refractivity contribution in [3.63, 3.8) is 0 Å². The summed E-state index contributed by atoms with van der Waals surface area (Å²) in [7, 11) is 2.19. The second-order valence-electron chi connectivity index (χ2n) is 8.13. The van der Waals surface area contributed by atoms with Crippen LogP contribution < -0.4 is 16.0 Å². The highest BCUT2D eigenvalue weighted by Crippen LogP contribution is 2.31. The maximum Gasteiger partial charge on any atom is 0.431 e. The molecule has 36 heavy (non-hydrogen) atoms. The number of carbonyl (C=O) groups is 1. The molecule has 0 fully saturated rings. The van der Waals surface area contributed by atoms with E-state index in [4.69, 9.17) is 9.47 Å². The number of hydrogen-bond acceptors (Lipinski definition) is 6. The van der Waals surface area contributed by atoms with Gasteiger partial charge in [-0.2, -0.15) is 13.2 Å². The fourth-order valence-electron chi connectivity index (χ4n) is 3.82. The van der Waals surface area contributed by atoms with Crippen LogP contribution in [0.3, 0.4) is 0 Å². The number of hydrogen-bond donors (Lipinski definition) is 0. The molecule has 2 unspecified atom stereocenters. The Morgan fingerprint density at radius 3 is 2.44 bits per heavy atom. The first-order chi connectivity index (χ1) is 17.0. The van der Waals surface area contributed by atoms with Crippen molar-refractivity contribution >= 4 is 5.97 Å². The number of methoxy groups -OCH3 is 1. The number of halogens is 3. The van der Waals surface area contributed by atoms with E-state index in [0.29, 0.717) is 57.1 Å². The van der Waals surface area contributed by atoms with Gasteiger partial charge in [0.25, 0.3) is 5.56 Å². The van der Waals surface area contributed by atoms with Crippen LogP contribution in [0.4, 0.5) is 13.2 Å². The van der Waals surface area contributed by atoms with Crippen LogP contribution in [0.2, 0.25) is 0 Å². The molecule has 0 aliphatic heterocycles. The van der Waals surface area contributed by atoms with E-state index >= 15 is 0 Å². The van der Waals surface area contributed by atoms with Crippen molar-refractivity contribution in [1.29, 1.82) is 0 Å². The zero-order valence-electron chi connectivity index (χ0n) is 20.3. The summed E-state index contributed by atoms with van der Waals surface area (Å²) in [6.07, 6.45) is -0.195. The van der Waals surface area contributed by atoms with E-state index in [1.807, 2.05) is 19.1 Å². The second-order valence-corrected chi connectivity index (χ2v) is 8.13. The van der Waals surface area contributed by atoms with Gasteiger partial charge >= 0.3 is 17.8 Å². The van der Waals surface area contributed by atoms with Gasteiger partial charge in [0.2, 0.25) is 6.23 Å². The molecule has 1 aromatic heterocycles. The Hall–Kier alpha value is -3.76. The van der Waals surface area contributed by atoms with Gasteiger partial charge in [-0.15, -0.1) is 0 Å². The summed E-state index contributed by atoms with van der Waals surface area (Å²) in [5.74, 6) is 0.230. The van der Waals surface area contributed by atoms with Crippen molar-refractivity contribution in [2.45, 2.75) is 51.6 Å². The Labute approximate surface area is 205 Å². The largest absolute Gasteiger partial charge is 0.479 e. The van der Waals surface area contributed by atoms with Gasteiger partial charge in [0, 0.05) is 25.1 Å². The predicted octanol–water partition coefficient (Wildman–Crippen LogP) is 3.87. The number of carbonyl (C=O) groups excluding carboxylic acids is 1. The maximum absolute atomic E-state index is 13.4. The van der Waals surface area contributed by atoms with E-state index in [1.54, 1.807) is 18.2 Å². The topological polar surface area (TPSA) is 88.8 Å². The highest BCUT2D eigenvalue weighted by Gasteiger charge is 2.36. The van der Waals surface area contributed by atoms with Gasteiger partial charge in [-0.05, 0) is 49.6 Å². The molecule has 1 heterocycles. The van der Waals surface area contributed by atoms with Crippen molar-refractivity contribution in [3.05, 3.63) is 85.9 Å². The van der Waals surface area contributed by atoms with Crippen molar-refractivity contribution in [3.8, 4) is 5.75 Å². The number of rotatable bonds is 8. The predicted molar refractivity (Wildman–Crippen MR) is 125 cm³/mol. The molecule has 8 nitrogen and oxygen atoms in total. The molecule has 0 radical (unpaired) electrons. The van der Waals surface area contributed by atoms with Crippen LogP contribution in [0, 0.1) is 0 Å². The number of aryl methyl sites for hydroxylation is 1. The Morgan fingerprint density at radius 2 is 1.86 bits per heavy atom. The summed E-state index contributed by atoms with van der Waals surface area (Å²) in [4.78, 5) is 37.7. The zero-order valence-corrected chi connectivity index (χ0v) is 20.3. The minimum Gasteiger partial charge on any atom is -0.479 e. The summed E-state index contributed by atoms with van der Waals surface area (Å²) in [6, 6.07) is 5.10. The third kappa shape index (κ3) is 5.72. The number of nitrogens with zero attached hydrogens (tertiary/aromatic N) is 2. The van der Waals surface area contributed by atoms with E-state index < -0.39 is 41.4 Å². The van der Waals surface area contributed by atoms with Crippen molar-refractivity contribution in [1.82, 2.24) is 9.13 Å². The van der Waals surface area contributed by atoms with Crippen LogP contribution in [0.5, 0.6) is 5.75 Å². The normalized spacial score (nSPS) is 15.1. The molecule has 0 spiro atoms. The number of alkyl halides is 3. The van der Waals surface area contributed by atoms with Gasteiger partial charge in [0.1, 0.15) is 11.4 Å². The molecule has 1 aliphatic rings. The lowest BCUT2D eigenvalue weighted by Gasteiger charge is -2.26. The van der Waals surface area contributed by atoms with E-state index in [-0.39, 0.29) is 0 Å². The highest BCUT2D eigenvalue weighted by molar-refractivity contribution is 5.74. The SMILES string of the molecule is CCc1cc(OC(C)C(=O)OC)ccc1C(OC1=CCC=CC1)n1c(=O)cc(C(F)(F)F)n(C)c1=O. The molecule has 0 saturated heterocycles. The van der Waals surface area contributed by atoms with E-state index in [9.17, 15) is 27.6 Å². The minimum absolute atomic E-state index is 0.333. The third-order valence-corrected chi connectivity index (χ3v) is 5.71.